The van der Waals surface area contributed by atoms with Crippen LogP contribution in [0.4, 0.5) is 0 Å². The molecule has 0 aromatic heterocycles. The Hall–Kier alpha value is 0.450. The molecule has 10 nitrogen and oxygen atoms in total. The van der Waals surface area contributed by atoms with Gasteiger partial charge in [-0.15, -0.1) is 0 Å². The van der Waals surface area contributed by atoms with Gasteiger partial charge in [0.05, 0.1) is 4.90 Å². The number of hydrogen-bond donors (Lipinski definition) is 1. The van der Waals surface area contributed by atoms with Gasteiger partial charge in [0, 0.05) is 21.5 Å². The number of aromatic hydroxyl groups is 1. The van der Waals surface area contributed by atoms with Crippen molar-refractivity contribution < 1.29 is 133 Å². The molecule has 4 rings (SSSR count). The summed E-state index contributed by atoms with van der Waals surface area (Å²) in [5.74, 6) is -1.52. The van der Waals surface area contributed by atoms with E-state index in [0.29, 0.717) is 0 Å². The number of rotatable bonds is 3. The summed E-state index contributed by atoms with van der Waals surface area (Å²) < 4.78 is 105. The van der Waals surface area contributed by atoms with Crippen molar-refractivity contribution in [3.05, 3.63) is 36.4 Å². The number of phenols is 1. The van der Waals surface area contributed by atoms with Gasteiger partial charge in [0.25, 0.3) is 0 Å². The van der Waals surface area contributed by atoms with Crippen LogP contribution in [0.25, 0.3) is 32.3 Å². The third-order valence-corrected chi connectivity index (χ3v) is 7.28. The Morgan fingerprint density at radius 3 is 1.41 bits per heavy atom. The zero-order chi connectivity index (χ0) is 21.5. The largest absolute Gasteiger partial charge is 1.00 e. The molecule has 152 valence electrons. The van der Waals surface area contributed by atoms with E-state index >= 15 is 0 Å². The second-order valence-corrected chi connectivity index (χ2v) is 10.2. The van der Waals surface area contributed by atoms with Gasteiger partial charge in [-0.25, -0.2) is 25.3 Å². The maximum absolute atomic E-state index is 11.7. The first-order valence-electron chi connectivity index (χ1n) is 7.57. The molecular formula is C16H7Na3O10S3. The van der Waals surface area contributed by atoms with E-state index in [0.717, 1.165) is 24.3 Å². The predicted octanol–water partition coefficient (Wildman–Crippen LogP) is -7.99. The molecule has 0 aliphatic rings. The van der Waals surface area contributed by atoms with Crippen LogP contribution in [0.1, 0.15) is 0 Å². The van der Waals surface area contributed by atoms with Crippen LogP contribution in [0.15, 0.2) is 51.1 Å². The summed E-state index contributed by atoms with van der Waals surface area (Å²) in [7, 11) is -15.9. The molecule has 0 bridgehead atoms. The molecule has 4 aromatic carbocycles. The molecular weight excluding hydrogens is 517 g/mol. The number of hydrogen-bond acceptors (Lipinski definition) is 10. The van der Waals surface area contributed by atoms with E-state index < -0.39 is 61.6 Å². The Morgan fingerprint density at radius 2 is 0.969 bits per heavy atom. The van der Waals surface area contributed by atoms with Gasteiger partial charge in [0.2, 0.25) is 0 Å². The third kappa shape index (κ3) is 4.90. The SMILES string of the molecule is O=S(=O)([O-])c1ccc2ccc3c(S(=O)(=O)[O-])c(O)c(S(=O)(=O)[O-])c4ccc1c2c34.[Na+].[Na+].[Na+]. The first-order chi connectivity index (χ1) is 13.2. The number of benzene rings is 4. The second kappa shape index (κ2) is 9.84. The van der Waals surface area contributed by atoms with Crippen molar-refractivity contribution in [1.82, 2.24) is 0 Å². The first kappa shape index (κ1) is 30.5. The minimum absolute atomic E-state index is 0. The predicted molar refractivity (Wildman–Crippen MR) is 95.7 cm³/mol. The van der Waals surface area contributed by atoms with Crippen molar-refractivity contribution in [3.63, 3.8) is 0 Å². The molecule has 0 saturated heterocycles. The molecule has 0 unspecified atom stereocenters. The van der Waals surface area contributed by atoms with Crippen molar-refractivity contribution in [2.75, 3.05) is 0 Å². The molecule has 0 spiro atoms. The monoisotopic (exact) mass is 524 g/mol. The van der Waals surface area contributed by atoms with Gasteiger partial charge in [-0.1, -0.05) is 30.3 Å². The Bertz CT molecular complexity index is 1630. The van der Waals surface area contributed by atoms with E-state index in [9.17, 15) is 44.0 Å². The second-order valence-electron chi connectivity index (χ2n) is 6.18. The average Bonchev–Trinajstić information content (AvgIpc) is 2.55. The molecule has 1 N–H and O–H groups in total. The Morgan fingerprint density at radius 1 is 0.562 bits per heavy atom. The first-order valence-corrected chi connectivity index (χ1v) is 11.8. The molecule has 0 aliphatic heterocycles. The summed E-state index contributed by atoms with van der Waals surface area (Å²) in [6.07, 6.45) is 0. The van der Waals surface area contributed by atoms with E-state index in [4.69, 9.17) is 0 Å². The van der Waals surface area contributed by atoms with E-state index in [-0.39, 0.29) is 110 Å². The molecule has 0 radical (unpaired) electrons. The molecule has 32 heavy (non-hydrogen) atoms. The zero-order valence-corrected chi connectivity index (χ0v) is 25.3. The Labute approximate surface area is 248 Å². The van der Waals surface area contributed by atoms with Crippen LogP contribution < -0.4 is 88.7 Å². The summed E-state index contributed by atoms with van der Waals surface area (Å²) in [4.78, 5) is -3.32. The van der Waals surface area contributed by atoms with Crippen molar-refractivity contribution in [1.29, 1.82) is 0 Å². The quantitative estimate of drug-likeness (QED) is 0.153. The van der Waals surface area contributed by atoms with Crippen molar-refractivity contribution >= 4 is 62.7 Å². The van der Waals surface area contributed by atoms with Crippen molar-refractivity contribution in [3.8, 4) is 5.75 Å². The topological polar surface area (TPSA) is 192 Å². The summed E-state index contributed by atoms with van der Waals surface area (Å²) in [6.45, 7) is 0. The Balaban J connectivity index is 0.00000171. The fraction of sp³-hybridized carbons (Fsp3) is 0. The molecule has 0 aliphatic carbocycles. The standard InChI is InChI=1S/C16H10O10S3.3Na/c17-14-15(28(21,22)23)9-3-1-7-2-6-11(27(18,19)20)8-4-5-10(13(9)12(7)8)16(14)29(24,25)26;;;/h1-6,17H,(H,18,19,20)(H,21,22,23)(H,24,25,26);;;/q;3*+1/p-3. The third-order valence-electron chi connectivity index (χ3n) is 4.56. The average molecular weight is 524 g/mol. The maximum Gasteiger partial charge on any atom is 1.00 e. The molecule has 16 heteroatoms. The van der Waals surface area contributed by atoms with Gasteiger partial charge in [-0.05, 0) is 16.8 Å². The smallest absolute Gasteiger partial charge is 0.744 e. The van der Waals surface area contributed by atoms with Gasteiger partial charge in [0.1, 0.15) is 40.1 Å². The van der Waals surface area contributed by atoms with Gasteiger partial charge < -0.3 is 18.8 Å². The van der Waals surface area contributed by atoms with Crippen LogP contribution in [0.2, 0.25) is 0 Å². The molecule has 4 aromatic rings. The van der Waals surface area contributed by atoms with Crippen LogP contribution in [0, 0.1) is 0 Å². The van der Waals surface area contributed by atoms with E-state index in [1.165, 1.54) is 12.1 Å². The van der Waals surface area contributed by atoms with Gasteiger partial charge in [0.15, 0.2) is 5.75 Å². The molecule has 0 heterocycles. The van der Waals surface area contributed by atoms with E-state index in [1.54, 1.807) is 0 Å². The van der Waals surface area contributed by atoms with Gasteiger partial charge in [-0.2, -0.15) is 0 Å². The zero-order valence-electron chi connectivity index (χ0n) is 16.8. The molecule has 0 fully saturated rings. The normalized spacial score (nSPS) is 12.3. The van der Waals surface area contributed by atoms with Crippen LogP contribution >= 0.6 is 0 Å². The number of phenolic OH excluding ortho intramolecular Hbond substituents is 1. The minimum atomic E-state index is -5.46. The van der Waals surface area contributed by atoms with Crippen LogP contribution in [0.5, 0.6) is 5.75 Å². The van der Waals surface area contributed by atoms with Crippen molar-refractivity contribution in [2.24, 2.45) is 0 Å². The fourth-order valence-corrected chi connectivity index (χ4v) is 5.88. The summed E-state index contributed by atoms with van der Waals surface area (Å²) >= 11 is 0. The molecule has 0 saturated carbocycles. The summed E-state index contributed by atoms with van der Waals surface area (Å²) in [6, 6.07) is 6.69. The van der Waals surface area contributed by atoms with Crippen LogP contribution in [0.3, 0.4) is 0 Å². The maximum atomic E-state index is 11.7. The van der Waals surface area contributed by atoms with Crippen molar-refractivity contribution in [2.45, 2.75) is 14.7 Å². The minimum Gasteiger partial charge on any atom is -0.744 e. The van der Waals surface area contributed by atoms with Gasteiger partial charge >= 0.3 is 88.7 Å². The van der Waals surface area contributed by atoms with Crippen LogP contribution in [-0.2, 0) is 30.4 Å². The summed E-state index contributed by atoms with van der Waals surface area (Å²) in [5.41, 5.74) is 0. The Kier molecular flexibility index (Phi) is 9.37. The van der Waals surface area contributed by atoms with E-state index in [2.05, 4.69) is 0 Å². The van der Waals surface area contributed by atoms with Gasteiger partial charge in [-0.3, -0.25) is 0 Å². The van der Waals surface area contributed by atoms with E-state index in [1.807, 2.05) is 0 Å². The fourth-order valence-electron chi connectivity index (χ4n) is 3.58. The molecule has 0 amide bonds. The van der Waals surface area contributed by atoms with Crippen LogP contribution in [-0.4, -0.2) is 44.0 Å². The molecule has 0 atom stereocenters. The summed E-state index contributed by atoms with van der Waals surface area (Å²) in [5, 5.41) is 9.18.